The fourth-order valence-corrected chi connectivity index (χ4v) is 2.91. The van der Waals surface area contributed by atoms with Crippen LogP contribution in [0.15, 0.2) is 54.6 Å². The molecule has 0 N–H and O–H groups in total. The van der Waals surface area contributed by atoms with Crippen molar-refractivity contribution in [2.75, 3.05) is 6.79 Å². The molecule has 0 spiro atoms. The molecule has 1 aliphatic rings. The average molecular weight is 307 g/mol. The topological polar surface area (TPSA) is 61.6 Å². The SMILES string of the molecule is O=[N+]([O-])c1ccc(Cc2ccccc2)c2cc3c(cc12)OCO3. The standard InChI is InChI=1S/C18H13NO4/c20-19(21)16-7-6-13(8-12-4-2-1-3-5-12)14-9-17-18(10-15(14)16)23-11-22-17/h1-7,9-10H,8,11H2. The normalized spacial score (nSPS) is 12.5. The fraction of sp³-hybridized carbons (Fsp3) is 0.111. The van der Waals surface area contributed by atoms with E-state index in [2.05, 4.69) is 0 Å². The van der Waals surface area contributed by atoms with Crippen LogP contribution in [0.4, 0.5) is 5.69 Å². The van der Waals surface area contributed by atoms with Gasteiger partial charge in [0.15, 0.2) is 11.5 Å². The van der Waals surface area contributed by atoms with Crippen LogP contribution < -0.4 is 9.47 Å². The molecule has 3 aromatic rings. The summed E-state index contributed by atoms with van der Waals surface area (Å²) in [6.45, 7) is 0.146. The van der Waals surface area contributed by atoms with Crippen LogP contribution in [0.5, 0.6) is 11.5 Å². The van der Waals surface area contributed by atoms with Crippen molar-refractivity contribution >= 4 is 16.5 Å². The first kappa shape index (κ1) is 13.6. The molecule has 0 radical (unpaired) electrons. The van der Waals surface area contributed by atoms with E-state index in [0.29, 0.717) is 23.3 Å². The minimum absolute atomic E-state index is 0.0788. The Hall–Kier alpha value is -3.08. The molecule has 0 aromatic heterocycles. The van der Waals surface area contributed by atoms with Crippen molar-refractivity contribution in [3.8, 4) is 11.5 Å². The Morgan fingerprint density at radius 1 is 0.957 bits per heavy atom. The van der Waals surface area contributed by atoms with Crippen LogP contribution in [0.25, 0.3) is 10.8 Å². The van der Waals surface area contributed by atoms with E-state index in [-0.39, 0.29) is 17.4 Å². The highest BCUT2D eigenvalue weighted by molar-refractivity contribution is 5.96. The van der Waals surface area contributed by atoms with Gasteiger partial charge in [-0.25, -0.2) is 0 Å². The molecule has 0 saturated carbocycles. The van der Waals surface area contributed by atoms with Crippen molar-refractivity contribution in [1.82, 2.24) is 0 Å². The maximum atomic E-state index is 11.3. The second-order valence-corrected chi connectivity index (χ2v) is 5.41. The molecule has 0 atom stereocenters. The summed E-state index contributed by atoms with van der Waals surface area (Å²) < 4.78 is 10.8. The van der Waals surface area contributed by atoms with Crippen LogP contribution in [-0.4, -0.2) is 11.7 Å². The molecule has 0 amide bonds. The van der Waals surface area contributed by atoms with Gasteiger partial charge in [-0.15, -0.1) is 0 Å². The van der Waals surface area contributed by atoms with Gasteiger partial charge in [0.25, 0.3) is 5.69 Å². The quantitative estimate of drug-likeness (QED) is 0.540. The maximum absolute atomic E-state index is 11.3. The van der Waals surface area contributed by atoms with Gasteiger partial charge >= 0.3 is 0 Å². The predicted octanol–water partition coefficient (Wildman–Crippen LogP) is 4.07. The third kappa shape index (κ3) is 2.36. The molecular weight excluding hydrogens is 294 g/mol. The van der Waals surface area contributed by atoms with Crippen molar-refractivity contribution < 1.29 is 14.4 Å². The van der Waals surface area contributed by atoms with E-state index in [1.165, 1.54) is 0 Å². The number of benzene rings is 3. The van der Waals surface area contributed by atoms with Gasteiger partial charge < -0.3 is 9.47 Å². The molecule has 1 heterocycles. The number of ether oxygens (including phenoxy) is 2. The zero-order valence-corrected chi connectivity index (χ0v) is 12.2. The van der Waals surface area contributed by atoms with Gasteiger partial charge in [0.1, 0.15) is 0 Å². The maximum Gasteiger partial charge on any atom is 0.277 e. The molecule has 0 bridgehead atoms. The van der Waals surface area contributed by atoms with Gasteiger partial charge in [0.05, 0.1) is 10.3 Å². The predicted molar refractivity (Wildman–Crippen MR) is 86.0 cm³/mol. The molecule has 5 heteroatoms. The minimum atomic E-state index is -0.364. The lowest BCUT2D eigenvalue weighted by Crippen LogP contribution is -1.95. The highest BCUT2D eigenvalue weighted by Crippen LogP contribution is 2.40. The highest BCUT2D eigenvalue weighted by atomic mass is 16.7. The van der Waals surface area contributed by atoms with Gasteiger partial charge in [0, 0.05) is 6.07 Å². The first-order chi connectivity index (χ1) is 11.2. The summed E-state index contributed by atoms with van der Waals surface area (Å²) >= 11 is 0. The molecule has 0 fully saturated rings. The van der Waals surface area contributed by atoms with E-state index in [1.54, 1.807) is 12.1 Å². The number of rotatable bonds is 3. The van der Waals surface area contributed by atoms with Gasteiger partial charge in [0.2, 0.25) is 6.79 Å². The fourth-order valence-electron chi connectivity index (χ4n) is 2.91. The Balaban J connectivity index is 1.91. The summed E-state index contributed by atoms with van der Waals surface area (Å²) in [7, 11) is 0. The van der Waals surface area contributed by atoms with Crippen molar-refractivity contribution in [2.45, 2.75) is 6.42 Å². The van der Waals surface area contributed by atoms with Crippen LogP contribution >= 0.6 is 0 Å². The van der Waals surface area contributed by atoms with Crippen LogP contribution in [-0.2, 0) is 6.42 Å². The second kappa shape index (κ2) is 5.28. The van der Waals surface area contributed by atoms with Gasteiger partial charge in [-0.05, 0) is 35.1 Å². The smallest absolute Gasteiger partial charge is 0.277 e. The second-order valence-electron chi connectivity index (χ2n) is 5.41. The number of non-ortho nitro benzene ring substituents is 1. The zero-order valence-electron chi connectivity index (χ0n) is 12.2. The first-order valence-electron chi connectivity index (χ1n) is 7.26. The van der Waals surface area contributed by atoms with Crippen molar-refractivity contribution in [1.29, 1.82) is 0 Å². The summed E-state index contributed by atoms with van der Waals surface area (Å²) in [5.74, 6) is 1.18. The molecule has 0 aliphatic carbocycles. The van der Waals surface area contributed by atoms with E-state index in [1.807, 2.05) is 42.5 Å². The minimum Gasteiger partial charge on any atom is -0.454 e. The summed E-state index contributed by atoms with van der Waals surface area (Å²) in [5.41, 5.74) is 2.26. The number of hydrogen-bond donors (Lipinski definition) is 0. The van der Waals surface area contributed by atoms with Crippen LogP contribution in [0, 0.1) is 10.1 Å². The van der Waals surface area contributed by atoms with Crippen LogP contribution in [0.1, 0.15) is 11.1 Å². The lowest BCUT2D eigenvalue weighted by molar-refractivity contribution is -0.383. The average Bonchev–Trinajstić information content (AvgIpc) is 3.01. The van der Waals surface area contributed by atoms with E-state index < -0.39 is 0 Å². The zero-order chi connectivity index (χ0) is 15.8. The molecule has 5 nitrogen and oxygen atoms in total. The number of fused-ring (bicyclic) bond motifs is 2. The third-order valence-corrected chi connectivity index (χ3v) is 4.01. The molecule has 3 aromatic carbocycles. The van der Waals surface area contributed by atoms with E-state index >= 15 is 0 Å². The molecular formula is C18H13NO4. The Labute approximate surface area is 132 Å². The summed E-state index contributed by atoms with van der Waals surface area (Å²) in [4.78, 5) is 11.0. The molecule has 0 saturated heterocycles. The van der Waals surface area contributed by atoms with Crippen molar-refractivity contribution in [3.63, 3.8) is 0 Å². The molecule has 0 unspecified atom stereocenters. The number of nitro benzene ring substituents is 1. The largest absolute Gasteiger partial charge is 0.454 e. The Bertz CT molecular complexity index is 906. The Morgan fingerprint density at radius 2 is 1.65 bits per heavy atom. The van der Waals surface area contributed by atoms with Crippen LogP contribution in [0.3, 0.4) is 0 Å². The van der Waals surface area contributed by atoms with Crippen LogP contribution in [0.2, 0.25) is 0 Å². The lowest BCUT2D eigenvalue weighted by atomic mass is 9.97. The molecule has 23 heavy (non-hydrogen) atoms. The van der Waals surface area contributed by atoms with E-state index in [0.717, 1.165) is 16.5 Å². The van der Waals surface area contributed by atoms with Gasteiger partial charge in [-0.3, -0.25) is 10.1 Å². The van der Waals surface area contributed by atoms with Crippen molar-refractivity contribution in [2.24, 2.45) is 0 Å². The number of hydrogen-bond acceptors (Lipinski definition) is 4. The number of nitrogens with zero attached hydrogens (tertiary/aromatic N) is 1. The van der Waals surface area contributed by atoms with E-state index in [9.17, 15) is 10.1 Å². The number of nitro groups is 1. The lowest BCUT2D eigenvalue weighted by Gasteiger charge is -2.09. The Kier molecular flexibility index (Phi) is 3.12. The Morgan fingerprint density at radius 3 is 2.35 bits per heavy atom. The van der Waals surface area contributed by atoms with Crippen molar-refractivity contribution in [3.05, 3.63) is 75.8 Å². The first-order valence-corrected chi connectivity index (χ1v) is 7.26. The van der Waals surface area contributed by atoms with Gasteiger partial charge in [-0.1, -0.05) is 36.4 Å². The molecule has 4 rings (SSSR count). The monoisotopic (exact) mass is 307 g/mol. The highest BCUT2D eigenvalue weighted by Gasteiger charge is 2.21. The van der Waals surface area contributed by atoms with Gasteiger partial charge in [-0.2, -0.15) is 0 Å². The molecule has 1 aliphatic heterocycles. The summed E-state index contributed by atoms with van der Waals surface area (Å²) in [5, 5.41) is 12.7. The third-order valence-electron chi connectivity index (χ3n) is 4.01. The molecule has 114 valence electrons. The summed E-state index contributed by atoms with van der Waals surface area (Å²) in [6.07, 6.45) is 0.703. The van der Waals surface area contributed by atoms with E-state index in [4.69, 9.17) is 9.47 Å². The summed E-state index contributed by atoms with van der Waals surface area (Å²) in [6, 6.07) is 16.9.